The van der Waals surface area contributed by atoms with Crippen molar-refractivity contribution in [2.75, 3.05) is 12.5 Å². The van der Waals surface area contributed by atoms with Crippen LogP contribution in [0.25, 0.3) is 0 Å². The van der Waals surface area contributed by atoms with E-state index in [2.05, 4.69) is 0 Å². The topological polar surface area (TPSA) is 111 Å². The minimum absolute atomic E-state index is 0.0120. The SMILES string of the molecule is O=C(NO)C1(CS(=O)(=O)c2ccc(Oc3ccc(F)cc3)cc2)CC2OCOC2C1. The molecule has 4 rings (SSSR count). The maximum atomic E-state index is 13.0. The van der Waals surface area contributed by atoms with Crippen molar-refractivity contribution in [2.45, 2.75) is 29.9 Å². The van der Waals surface area contributed by atoms with E-state index in [1.54, 1.807) is 5.48 Å². The van der Waals surface area contributed by atoms with Crippen molar-refractivity contribution in [1.29, 1.82) is 0 Å². The van der Waals surface area contributed by atoms with Crippen molar-refractivity contribution in [3.05, 3.63) is 54.3 Å². The van der Waals surface area contributed by atoms with Crippen LogP contribution in [0.2, 0.25) is 0 Å². The molecule has 0 spiro atoms. The molecule has 1 heterocycles. The first-order chi connectivity index (χ1) is 14.3. The number of carbonyl (C=O) groups is 1. The smallest absolute Gasteiger partial charge is 0.250 e. The van der Waals surface area contributed by atoms with Crippen LogP contribution in [0.15, 0.2) is 53.4 Å². The van der Waals surface area contributed by atoms with Gasteiger partial charge in [0.25, 0.3) is 5.91 Å². The average molecular weight is 437 g/mol. The van der Waals surface area contributed by atoms with Crippen LogP contribution in [-0.2, 0) is 24.1 Å². The molecule has 160 valence electrons. The Hall–Kier alpha value is -2.53. The van der Waals surface area contributed by atoms with E-state index in [0.29, 0.717) is 11.5 Å². The third kappa shape index (κ3) is 4.04. The number of nitrogens with one attached hydrogen (secondary N) is 1. The standard InChI is InChI=1S/C20H20FNO7S/c21-13-1-3-14(4-2-13)29-15-5-7-16(8-6-15)30(25,26)11-20(19(23)22-24)9-17-18(10-20)28-12-27-17/h1-8,17-18,24H,9-12H2,(H,22,23). The van der Waals surface area contributed by atoms with Crippen LogP contribution in [0, 0.1) is 11.2 Å². The first-order valence-corrected chi connectivity index (χ1v) is 10.9. The molecule has 8 nitrogen and oxygen atoms in total. The van der Waals surface area contributed by atoms with Crippen LogP contribution in [0.3, 0.4) is 0 Å². The summed E-state index contributed by atoms with van der Waals surface area (Å²) in [5.41, 5.74) is 0.236. The number of rotatable bonds is 6. The predicted molar refractivity (Wildman–Crippen MR) is 101 cm³/mol. The lowest BCUT2D eigenvalue weighted by atomic mass is 9.87. The number of sulfone groups is 1. The van der Waals surface area contributed by atoms with Crippen molar-refractivity contribution in [3.8, 4) is 11.5 Å². The van der Waals surface area contributed by atoms with Crippen molar-refractivity contribution < 1.29 is 37.0 Å². The number of benzene rings is 2. The van der Waals surface area contributed by atoms with Crippen molar-refractivity contribution in [3.63, 3.8) is 0 Å². The highest BCUT2D eigenvalue weighted by Gasteiger charge is 2.55. The number of fused-ring (bicyclic) bond motifs is 1. The van der Waals surface area contributed by atoms with Gasteiger partial charge < -0.3 is 14.2 Å². The molecule has 2 aromatic carbocycles. The summed E-state index contributed by atoms with van der Waals surface area (Å²) in [6, 6.07) is 11.1. The molecule has 1 aliphatic carbocycles. The van der Waals surface area contributed by atoms with E-state index >= 15 is 0 Å². The molecule has 1 amide bonds. The van der Waals surface area contributed by atoms with Gasteiger partial charge in [0.15, 0.2) is 9.84 Å². The minimum atomic E-state index is -3.87. The zero-order chi connectivity index (χ0) is 21.4. The molecule has 2 aliphatic rings. The Bertz CT molecular complexity index is 1010. The Morgan fingerprint density at radius 2 is 1.60 bits per heavy atom. The van der Waals surface area contributed by atoms with Gasteiger partial charge in [-0.3, -0.25) is 10.0 Å². The monoisotopic (exact) mass is 437 g/mol. The lowest BCUT2D eigenvalue weighted by Gasteiger charge is -2.27. The third-order valence-corrected chi connectivity index (χ3v) is 7.37. The Morgan fingerprint density at radius 1 is 1.07 bits per heavy atom. The fourth-order valence-corrected chi connectivity index (χ4v) is 5.76. The van der Waals surface area contributed by atoms with Crippen LogP contribution in [-0.4, -0.2) is 44.3 Å². The molecular weight excluding hydrogens is 417 g/mol. The maximum Gasteiger partial charge on any atom is 0.250 e. The van der Waals surface area contributed by atoms with Gasteiger partial charge in [-0.05, 0) is 61.4 Å². The Balaban J connectivity index is 1.52. The summed E-state index contributed by atoms with van der Waals surface area (Å²) in [5, 5.41) is 9.17. The highest BCUT2D eigenvalue weighted by Crippen LogP contribution is 2.45. The first kappa shape index (κ1) is 20.7. The van der Waals surface area contributed by atoms with Crippen molar-refractivity contribution in [2.24, 2.45) is 5.41 Å². The summed E-state index contributed by atoms with van der Waals surface area (Å²) in [5.74, 6) is -0.881. The fourth-order valence-electron chi connectivity index (χ4n) is 3.95. The van der Waals surface area contributed by atoms with Crippen LogP contribution < -0.4 is 10.2 Å². The summed E-state index contributed by atoms with van der Waals surface area (Å²) in [6.45, 7) is 0.106. The van der Waals surface area contributed by atoms with Gasteiger partial charge in [-0.1, -0.05) is 0 Å². The molecule has 2 atom stereocenters. The van der Waals surface area contributed by atoms with Gasteiger partial charge in [-0.15, -0.1) is 0 Å². The Kier molecular flexibility index (Phi) is 5.49. The molecule has 2 unspecified atom stereocenters. The molecule has 2 aromatic rings. The van der Waals surface area contributed by atoms with Crippen LogP contribution in [0.4, 0.5) is 4.39 Å². The van der Waals surface area contributed by atoms with Crippen molar-refractivity contribution >= 4 is 15.7 Å². The normalized spacial score (nSPS) is 25.7. The summed E-state index contributed by atoms with van der Waals surface area (Å²) in [6.07, 6.45) is -0.502. The lowest BCUT2D eigenvalue weighted by molar-refractivity contribution is -0.140. The molecule has 1 saturated carbocycles. The van der Waals surface area contributed by atoms with Gasteiger partial charge in [-0.2, -0.15) is 0 Å². The first-order valence-electron chi connectivity index (χ1n) is 9.25. The highest BCUT2D eigenvalue weighted by atomic mass is 32.2. The van der Waals surface area contributed by atoms with Crippen LogP contribution in [0.5, 0.6) is 11.5 Å². The van der Waals surface area contributed by atoms with Crippen molar-refractivity contribution in [1.82, 2.24) is 5.48 Å². The van der Waals surface area contributed by atoms with Gasteiger partial charge in [-0.25, -0.2) is 18.3 Å². The van der Waals surface area contributed by atoms with Gasteiger partial charge in [0, 0.05) is 0 Å². The maximum absolute atomic E-state index is 13.0. The molecule has 0 radical (unpaired) electrons. The summed E-state index contributed by atoms with van der Waals surface area (Å²) in [4.78, 5) is 12.4. The number of hydrogen-bond acceptors (Lipinski definition) is 7. The second-order valence-electron chi connectivity index (χ2n) is 7.44. The number of ether oxygens (including phenoxy) is 3. The highest BCUT2D eigenvalue weighted by molar-refractivity contribution is 7.91. The lowest BCUT2D eigenvalue weighted by Crippen LogP contribution is -2.43. The quantitative estimate of drug-likeness (QED) is 0.527. The number of amides is 1. The average Bonchev–Trinajstić information content (AvgIpc) is 3.29. The molecule has 1 aliphatic heterocycles. The second-order valence-corrected chi connectivity index (χ2v) is 9.43. The van der Waals surface area contributed by atoms with E-state index in [1.165, 1.54) is 48.5 Å². The molecule has 2 N–H and O–H groups in total. The summed E-state index contributed by atoms with van der Waals surface area (Å²) < 4.78 is 55.4. The predicted octanol–water partition coefficient (Wildman–Crippen LogP) is 2.42. The molecule has 1 saturated heterocycles. The summed E-state index contributed by atoms with van der Waals surface area (Å²) in [7, 11) is -3.87. The van der Waals surface area contributed by atoms with E-state index in [9.17, 15) is 17.6 Å². The Morgan fingerprint density at radius 3 is 2.13 bits per heavy atom. The third-order valence-electron chi connectivity index (χ3n) is 5.44. The number of halogens is 1. The number of hydrogen-bond donors (Lipinski definition) is 2. The second kappa shape index (κ2) is 7.95. The zero-order valence-corrected chi connectivity index (χ0v) is 16.6. The molecule has 2 fully saturated rings. The molecule has 0 aromatic heterocycles. The van der Waals surface area contributed by atoms with Crippen LogP contribution >= 0.6 is 0 Å². The van der Waals surface area contributed by atoms with E-state index in [0.717, 1.165) is 0 Å². The van der Waals surface area contributed by atoms with Gasteiger partial charge in [0.1, 0.15) is 24.1 Å². The van der Waals surface area contributed by atoms with E-state index < -0.39 is 32.7 Å². The molecule has 0 bridgehead atoms. The van der Waals surface area contributed by atoms with Gasteiger partial charge >= 0.3 is 0 Å². The summed E-state index contributed by atoms with van der Waals surface area (Å²) >= 11 is 0. The largest absolute Gasteiger partial charge is 0.457 e. The molecule has 10 heteroatoms. The van der Waals surface area contributed by atoms with Crippen LogP contribution in [0.1, 0.15) is 12.8 Å². The van der Waals surface area contributed by atoms with Gasteiger partial charge in [0.2, 0.25) is 0 Å². The van der Waals surface area contributed by atoms with Gasteiger partial charge in [0.05, 0.1) is 28.3 Å². The Labute approximate surface area is 172 Å². The zero-order valence-electron chi connectivity index (χ0n) is 15.8. The molecular formula is C20H20FNO7S. The molecule has 30 heavy (non-hydrogen) atoms. The van der Waals surface area contributed by atoms with E-state index in [4.69, 9.17) is 19.4 Å². The number of hydroxylamine groups is 1. The minimum Gasteiger partial charge on any atom is -0.457 e. The van der Waals surface area contributed by atoms with E-state index in [1.807, 2.05) is 0 Å². The van der Waals surface area contributed by atoms with E-state index in [-0.39, 0.29) is 36.7 Å². The fraction of sp³-hybridized carbons (Fsp3) is 0.350. The number of carbonyl (C=O) groups excluding carboxylic acids is 1.